The average molecular weight is 274 g/mol. The summed E-state index contributed by atoms with van der Waals surface area (Å²) in [5.74, 6) is -0.712. The lowest BCUT2D eigenvalue weighted by Gasteiger charge is -2.02. The van der Waals surface area contributed by atoms with Crippen LogP contribution in [0.3, 0.4) is 0 Å². The van der Waals surface area contributed by atoms with Gasteiger partial charge in [0.05, 0.1) is 10.6 Å². The van der Waals surface area contributed by atoms with Crippen molar-refractivity contribution in [2.24, 2.45) is 0 Å². The number of carbonyl (C=O) groups excluding carboxylic acids is 1. The van der Waals surface area contributed by atoms with Gasteiger partial charge in [0.25, 0.3) is 0 Å². The first kappa shape index (κ1) is 11.9. The normalized spacial score (nSPS) is 10.8. The van der Waals surface area contributed by atoms with Gasteiger partial charge in [-0.15, -0.1) is 0 Å². The third kappa shape index (κ3) is 1.92. The van der Waals surface area contributed by atoms with Gasteiger partial charge in [-0.3, -0.25) is 4.79 Å². The van der Waals surface area contributed by atoms with Crippen molar-refractivity contribution in [3.8, 4) is 0 Å². The minimum absolute atomic E-state index is 0.290. The molecule has 0 fully saturated rings. The molecule has 0 aliphatic rings. The number of hydrogen-bond acceptors (Lipinski definition) is 1. The lowest BCUT2D eigenvalue weighted by molar-refractivity contribution is 0.104. The van der Waals surface area contributed by atoms with Crippen molar-refractivity contribution in [1.82, 2.24) is 4.98 Å². The molecule has 3 rings (SSSR count). The van der Waals surface area contributed by atoms with Gasteiger partial charge in [0, 0.05) is 22.7 Å². The molecule has 0 atom stereocenters. The van der Waals surface area contributed by atoms with Gasteiger partial charge in [-0.05, 0) is 24.3 Å². The molecule has 94 valence electrons. The lowest BCUT2D eigenvalue weighted by Crippen LogP contribution is -2.01. The molecule has 0 saturated heterocycles. The Hall–Kier alpha value is -2.13. The highest BCUT2D eigenvalue weighted by molar-refractivity contribution is 6.35. The summed E-state index contributed by atoms with van der Waals surface area (Å²) in [6.07, 6.45) is 1.51. The van der Waals surface area contributed by atoms with E-state index in [1.807, 2.05) is 0 Å². The van der Waals surface area contributed by atoms with Gasteiger partial charge >= 0.3 is 0 Å². The number of aromatic amines is 1. The largest absolute Gasteiger partial charge is 0.360 e. The Morgan fingerprint density at radius 2 is 1.84 bits per heavy atom. The zero-order valence-corrected chi connectivity index (χ0v) is 10.5. The second kappa shape index (κ2) is 4.52. The maximum atomic E-state index is 13.9. The van der Waals surface area contributed by atoms with Gasteiger partial charge in [0.1, 0.15) is 5.82 Å². The van der Waals surface area contributed by atoms with Crippen LogP contribution >= 0.6 is 11.6 Å². The maximum Gasteiger partial charge on any atom is 0.196 e. The summed E-state index contributed by atoms with van der Waals surface area (Å²) in [5, 5.41) is 0.658. The summed E-state index contributed by atoms with van der Waals surface area (Å²) < 4.78 is 13.9. The summed E-state index contributed by atoms with van der Waals surface area (Å²) in [6, 6.07) is 11.4. The molecule has 0 unspecified atom stereocenters. The zero-order chi connectivity index (χ0) is 13.4. The average Bonchev–Trinajstić information content (AvgIpc) is 2.84. The SMILES string of the molecule is O=C(c1ccccc1Cl)c1c[nH]c2cccc(F)c12. The van der Waals surface area contributed by atoms with Gasteiger partial charge in [-0.25, -0.2) is 4.39 Å². The Morgan fingerprint density at radius 3 is 2.63 bits per heavy atom. The summed E-state index contributed by atoms with van der Waals surface area (Å²) in [7, 11) is 0. The molecule has 0 aliphatic heterocycles. The van der Waals surface area contributed by atoms with Crippen LogP contribution in [0.2, 0.25) is 5.02 Å². The fourth-order valence-electron chi connectivity index (χ4n) is 2.11. The van der Waals surface area contributed by atoms with Crippen LogP contribution in [0.4, 0.5) is 4.39 Å². The number of hydrogen-bond donors (Lipinski definition) is 1. The van der Waals surface area contributed by atoms with E-state index >= 15 is 0 Å². The highest BCUT2D eigenvalue weighted by Gasteiger charge is 2.18. The highest BCUT2D eigenvalue weighted by atomic mass is 35.5. The van der Waals surface area contributed by atoms with Gasteiger partial charge in [-0.1, -0.05) is 29.8 Å². The predicted octanol–water partition coefficient (Wildman–Crippen LogP) is 4.19. The molecule has 3 aromatic rings. The highest BCUT2D eigenvalue weighted by Crippen LogP contribution is 2.26. The molecule has 4 heteroatoms. The molecule has 1 aromatic heterocycles. The predicted molar refractivity (Wildman–Crippen MR) is 73.1 cm³/mol. The fraction of sp³-hybridized carbons (Fsp3) is 0. The molecular weight excluding hydrogens is 265 g/mol. The number of rotatable bonds is 2. The Kier molecular flexibility index (Phi) is 2.84. The minimum atomic E-state index is -0.422. The monoisotopic (exact) mass is 273 g/mol. The molecule has 0 radical (unpaired) electrons. The third-order valence-corrected chi connectivity index (χ3v) is 3.35. The molecule has 1 N–H and O–H groups in total. The van der Waals surface area contributed by atoms with Crippen LogP contribution in [0.1, 0.15) is 15.9 Å². The lowest BCUT2D eigenvalue weighted by atomic mass is 10.0. The molecule has 0 aliphatic carbocycles. The van der Waals surface area contributed by atoms with Crippen molar-refractivity contribution in [3.05, 3.63) is 70.6 Å². The third-order valence-electron chi connectivity index (χ3n) is 3.02. The van der Waals surface area contributed by atoms with E-state index in [-0.39, 0.29) is 5.78 Å². The number of nitrogens with one attached hydrogen (secondary N) is 1. The first-order chi connectivity index (χ1) is 9.18. The number of ketones is 1. The van der Waals surface area contributed by atoms with Crippen LogP contribution in [0, 0.1) is 5.82 Å². The van der Waals surface area contributed by atoms with Crippen LogP contribution in [0.15, 0.2) is 48.7 Å². The molecule has 0 bridgehead atoms. The van der Waals surface area contributed by atoms with E-state index in [0.717, 1.165) is 0 Å². The number of benzene rings is 2. The second-order valence-corrected chi connectivity index (χ2v) is 4.58. The van der Waals surface area contributed by atoms with Crippen molar-refractivity contribution < 1.29 is 9.18 Å². The Balaban J connectivity index is 2.21. The molecule has 1 heterocycles. The number of fused-ring (bicyclic) bond motifs is 1. The molecule has 19 heavy (non-hydrogen) atoms. The number of aromatic nitrogens is 1. The first-order valence-corrected chi connectivity index (χ1v) is 6.11. The van der Waals surface area contributed by atoms with E-state index in [0.29, 0.717) is 27.1 Å². The van der Waals surface area contributed by atoms with Crippen molar-refractivity contribution in [3.63, 3.8) is 0 Å². The zero-order valence-electron chi connectivity index (χ0n) is 9.78. The Labute approximate surface area is 113 Å². The quantitative estimate of drug-likeness (QED) is 0.698. The molecule has 2 aromatic carbocycles. The molecule has 0 saturated carbocycles. The summed E-state index contributed by atoms with van der Waals surface area (Å²) in [4.78, 5) is 15.3. The van der Waals surface area contributed by atoms with Gasteiger partial charge < -0.3 is 4.98 Å². The number of halogens is 2. The van der Waals surface area contributed by atoms with Crippen molar-refractivity contribution in [2.45, 2.75) is 0 Å². The van der Waals surface area contributed by atoms with Crippen molar-refractivity contribution >= 4 is 28.3 Å². The van der Waals surface area contributed by atoms with Crippen molar-refractivity contribution in [1.29, 1.82) is 0 Å². The van der Waals surface area contributed by atoms with Crippen LogP contribution in [-0.4, -0.2) is 10.8 Å². The van der Waals surface area contributed by atoms with Gasteiger partial charge in [0.15, 0.2) is 5.78 Å². The maximum absolute atomic E-state index is 13.9. The van der Waals surface area contributed by atoms with E-state index in [4.69, 9.17) is 11.6 Å². The molecular formula is C15H9ClFNO. The summed E-state index contributed by atoms with van der Waals surface area (Å²) >= 11 is 6.00. The van der Waals surface area contributed by atoms with Gasteiger partial charge in [-0.2, -0.15) is 0 Å². The number of carbonyl (C=O) groups is 1. The topological polar surface area (TPSA) is 32.9 Å². The Morgan fingerprint density at radius 1 is 1.05 bits per heavy atom. The number of H-pyrrole nitrogens is 1. The summed E-state index contributed by atoms with van der Waals surface area (Å²) in [5.41, 5.74) is 1.25. The molecule has 0 amide bonds. The summed E-state index contributed by atoms with van der Waals surface area (Å²) in [6.45, 7) is 0. The standard InChI is InChI=1S/C15H9ClFNO/c16-11-5-2-1-4-9(11)15(19)10-8-18-13-7-3-6-12(17)14(10)13/h1-8,18H. The Bertz CT molecular complexity index is 779. The van der Waals surface area contributed by atoms with E-state index in [1.54, 1.807) is 36.4 Å². The van der Waals surface area contributed by atoms with Crippen LogP contribution in [-0.2, 0) is 0 Å². The second-order valence-electron chi connectivity index (χ2n) is 4.17. The van der Waals surface area contributed by atoms with E-state index in [1.165, 1.54) is 12.3 Å². The van der Waals surface area contributed by atoms with E-state index in [9.17, 15) is 9.18 Å². The van der Waals surface area contributed by atoms with Gasteiger partial charge in [0.2, 0.25) is 0 Å². The van der Waals surface area contributed by atoms with E-state index in [2.05, 4.69) is 4.98 Å². The van der Waals surface area contributed by atoms with Crippen molar-refractivity contribution in [2.75, 3.05) is 0 Å². The smallest absolute Gasteiger partial charge is 0.196 e. The minimum Gasteiger partial charge on any atom is -0.360 e. The first-order valence-electron chi connectivity index (χ1n) is 5.73. The van der Waals surface area contributed by atoms with Crippen LogP contribution in [0.25, 0.3) is 10.9 Å². The molecule has 2 nitrogen and oxygen atoms in total. The molecule has 0 spiro atoms. The van der Waals surface area contributed by atoms with Crippen LogP contribution < -0.4 is 0 Å². The fourth-order valence-corrected chi connectivity index (χ4v) is 2.33. The van der Waals surface area contributed by atoms with E-state index < -0.39 is 5.82 Å². The van der Waals surface area contributed by atoms with Crippen LogP contribution in [0.5, 0.6) is 0 Å².